The van der Waals surface area contributed by atoms with Gasteiger partial charge in [0.2, 0.25) is 0 Å². The maximum absolute atomic E-state index is 7.00. The van der Waals surface area contributed by atoms with Crippen LogP contribution in [0, 0.1) is 0 Å². The van der Waals surface area contributed by atoms with E-state index in [2.05, 4.69) is 193 Å². The van der Waals surface area contributed by atoms with Crippen LogP contribution in [0.1, 0.15) is 0 Å². The van der Waals surface area contributed by atoms with Crippen LogP contribution < -0.4 is 4.90 Å². The summed E-state index contributed by atoms with van der Waals surface area (Å²) in [4.78, 5) is 2.33. The fourth-order valence-corrected chi connectivity index (χ4v) is 8.28. The zero-order chi connectivity index (χ0) is 37.7. The van der Waals surface area contributed by atoms with Crippen molar-refractivity contribution in [2.75, 3.05) is 4.90 Å². The van der Waals surface area contributed by atoms with E-state index in [1.807, 2.05) is 24.3 Å². The molecule has 11 rings (SSSR count). The van der Waals surface area contributed by atoms with E-state index in [1.165, 1.54) is 22.3 Å². The lowest BCUT2D eigenvalue weighted by atomic mass is 9.97. The first-order chi connectivity index (χ1) is 28.2. The highest BCUT2D eigenvalue weighted by atomic mass is 16.3. The van der Waals surface area contributed by atoms with Crippen LogP contribution in [0.25, 0.3) is 88.4 Å². The first-order valence-corrected chi connectivity index (χ1v) is 19.3. The second-order valence-corrected chi connectivity index (χ2v) is 14.5. The quantitative estimate of drug-likeness (QED) is 0.164. The summed E-state index contributed by atoms with van der Waals surface area (Å²) in [5, 5.41) is 4.23. The molecular formula is C54H35NO2. The second-order valence-electron chi connectivity index (χ2n) is 14.5. The van der Waals surface area contributed by atoms with Crippen LogP contribution in [0.4, 0.5) is 17.1 Å². The van der Waals surface area contributed by atoms with E-state index in [0.29, 0.717) is 0 Å². The molecule has 3 nitrogen and oxygen atoms in total. The van der Waals surface area contributed by atoms with Crippen LogP contribution in [0.5, 0.6) is 0 Å². The number of rotatable bonds is 7. The van der Waals surface area contributed by atoms with Gasteiger partial charge in [0.25, 0.3) is 0 Å². The van der Waals surface area contributed by atoms with Gasteiger partial charge in [0.1, 0.15) is 16.7 Å². The minimum absolute atomic E-state index is 0.812. The largest absolute Gasteiger partial charge is 0.456 e. The smallest absolute Gasteiger partial charge is 0.159 e. The summed E-state index contributed by atoms with van der Waals surface area (Å²) in [5.41, 5.74) is 15.6. The molecule has 2 aromatic heterocycles. The Morgan fingerprint density at radius 3 is 1.21 bits per heavy atom. The number of hydrogen-bond donors (Lipinski definition) is 0. The van der Waals surface area contributed by atoms with E-state index in [-0.39, 0.29) is 0 Å². The van der Waals surface area contributed by atoms with Crippen LogP contribution in [0.15, 0.2) is 221 Å². The van der Waals surface area contributed by atoms with Gasteiger partial charge in [-0.2, -0.15) is 0 Å². The number of para-hydroxylation sites is 1. The molecule has 0 aliphatic rings. The minimum atomic E-state index is 0.812. The van der Waals surface area contributed by atoms with Gasteiger partial charge in [-0.05, 0) is 99.1 Å². The first-order valence-electron chi connectivity index (χ1n) is 19.3. The average molecular weight is 730 g/mol. The summed E-state index contributed by atoms with van der Waals surface area (Å²) in [6.07, 6.45) is 0. The van der Waals surface area contributed by atoms with Gasteiger partial charge in [-0.3, -0.25) is 0 Å². The molecule has 0 spiro atoms. The van der Waals surface area contributed by atoms with Gasteiger partial charge in [-0.15, -0.1) is 0 Å². The molecule has 0 radical (unpaired) electrons. The van der Waals surface area contributed by atoms with Crippen LogP contribution in [-0.2, 0) is 0 Å². The lowest BCUT2D eigenvalue weighted by Crippen LogP contribution is -2.10. The lowest BCUT2D eigenvalue weighted by molar-refractivity contribution is 0.663. The Kier molecular flexibility index (Phi) is 7.82. The third-order valence-electron chi connectivity index (χ3n) is 11.1. The number of nitrogens with zero attached hydrogens (tertiary/aromatic N) is 1. The van der Waals surface area contributed by atoms with Crippen LogP contribution in [0.2, 0.25) is 0 Å². The first kappa shape index (κ1) is 32.8. The predicted molar refractivity (Wildman–Crippen MR) is 237 cm³/mol. The molecule has 0 atom stereocenters. The second kappa shape index (κ2) is 13.6. The van der Waals surface area contributed by atoms with Gasteiger partial charge >= 0.3 is 0 Å². The van der Waals surface area contributed by atoms with Crippen molar-refractivity contribution >= 4 is 60.9 Å². The van der Waals surface area contributed by atoms with E-state index in [1.54, 1.807) is 0 Å². The van der Waals surface area contributed by atoms with E-state index >= 15 is 0 Å². The molecule has 2 heterocycles. The van der Waals surface area contributed by atoms with Crippen LogP contribution >= 0.6 is 0 Å². The standard InChI is InChI=1S/C54H35NO2/c1-4-12-36(13-5-1)39-20-22-42(23-21-39)43-34-47-53-51(33-32-50-52(53)46-18-10-11-19-49(46)56-50)57-54(47)48(35-43)55(44-28-24-40(25-29-44)37-14-6-2-7-15-37)45-30-26-41(27-31-45)38-16-8-3-9-17-38/h1-35H. The van der Waals surface area contributed by atoms with Gasteiger partial charge in [0.15, 0.2) is 5.58 Å². The van der Waals surface area contributed by atoms with Crippen molar-refractivity contribution < 1.29 is 8.83 Å². The molecule has 57 heavy (non-hydrogen) atoms. The van der Waals surface area contributed by atoms with Crippen LogP contribution in [-0.4, -0.2) is 0 Å². The molecule has 0 bridgehead atoms. The Balaban J connectivity index is 1.17. The van der Waals surface area contributed by atoms with Crippen molar-refractivity contribution in [2.45, 2.75) is 0 Å². The Morgan fingerprint density at radius 1 is 0.281 bits per heavy atom. The number of benzene rings is 9. The highest BCUT2D eigenvalue weighted by molar-refractivity contribution is 6.27. The Labute approximate surface area is 330 Å². The minimum Gasteiger partial charge on any atom is -0.456 e. The van der Waals surface area contributed by atoms with Gasteiger partial charge < -0.3 is 13.7 Å². The Hall–Kier alpha value is -7.62. The lowest BCUT2D eigenvalue weighted by Gasteiger charge is -2.26. The normalized spacial score (nSPS) is 11.5. The zero-order valence-corrected chi connectivity index (χ0v) is 31.0. The SMILES string of the molecule is c1ccc(-c2ccc(-c3cc(N(c4ccc(-c5ccccc5)cc4)c4ccc(-c5ccccc5)cc4)c4oc5ccc6oc7ccccc7c6c5c4c3)cc2)cc1. The van der Waals surface area contributed by atoms with Crippen LogP contribution in [0.3, 0.4) is 0 Å². The summed E-state index contributed by atoms with van der Waals surface area (Å²) in [5.74, 6) is 0. The molecule has 0 unspecified atom stereocenters. The van der Waals surface area contributed by atoms with Gasteiger partial charge in [0.05, 0.1) is 5.69 Å². The molecule has 3 heteroatoms. The maximum Gasteiger partial charge on any atom is 0.159 e. The van der Waals surface area contributed by atoms with Crippen molar-refractivity contribution in [1.29, 1.82) is 0 Å². The Morgan fingerprint density at radius 2 is 0.684 bits per heavy atom. The van der Waals surface area contributed by atoms with Crippen molar-refractivity contribution in [1.82, 2.24) is 0 Å². The maximum atomic E-state index is 7.00. The Bertz CT molecular complexity index is 3100. The molecule has 0 saturated carbocycles. The molecule has 0 aliphatic heterocycles. The monoisotopic (exact) mass is 729 g/mol. The molecule has 0 N–H and O–H groups in total. The third kappa shape index (κ3) is 5.76. The van der Waals surface area contributed by atoms with Gasteiger partial charge in [-0.1, -0.05) is 158 Å². The molecule has 0 aliphatic carbocycles. The number of hydrogen-bond acceptors (Lipinski definition) is 3. The van der Waals surface area contributed by atoms with Gasteiger partial charge in [0, 0.05) is 32.9 Å². The number of fused-ring (bicyclic) bond motifs is 7. The van der Waals surface area contributed by atoms with Crippen molar-refractivity contribution in [2.24, 2.45) is 0 Å². The topological polar surface area (TPSA) is 29.5 Å². The predicted octanol–water partition coefficient (Wildman–Crippen LogP) is 15.6. The van der Waals surface area contributed by atoms with E-state index in [9.17, 15) is 0 Å². The third-order valence-corrected chi connectivity index (χ3v) is 11.1. The summed E-state index contributed by atoms with van der Waals surface area (Å²) >= 11 is 0. The van der Waals surface area contributed by atoms with E-state index in [0.717, 1.165) is 83.2 Å². The average Bonchev–Trinajstić information content (AvgIpc) is 3.86. The fraction of sp³-hybridized carbons (Fsp3) is 0. The summed E-state index contributed by atoms with van der Waals surface area (Å²) in [6.45, 7) is 0. The van der Waals surface area contributed by atoms with Crippen molar-refractivity contribution in [3.8, 4) is 44.5 Å². The van der Waals surface area contributed by atoms with Gasteiger partial charge in [-0.25, -0.2) is 0 Å². The highest BCUT2D eigenvalue weighted by Crippen LogP contribution is 2.48. The molecule has 0 amide bonds. The number of furan rings is 2. The number of anilines is 3. The molecule has 11 aromatic rings. The molecule has 0 fully saturated rings. The molecule has 0 saturated heterocycles. The van der Waals surface area contributed by atoms with Crippen molar-refractivity contribution in [3.05, 3.63) is 212 Å². The summed E-state index contributed by atoms with van der Waals surface area (Å²) < 4.78 is 13.4. The van der Waals surface area contributed by atoms with Crippen molar-refractivity contribution in [3.63, 3.8) is 0 Å². The molecule has 268 valence electrons. The molecule has 9 aromatic carbocycles. The highest BCUT2D eigenvalue weighted by Gasteiger charge is 2.24. The van der Waals surface area contributed by atoms with E-state index in [4.69, 9.17) is 8.83 Å². The molecular weight excluding hydrogens is 695 g/mol. The zero-order valence-electron chi connectivity index (χ0n) is 31.0. The fourth-order valence-electron chi connectivity index (χ4n) is 8.28. The van der Waals surface area contributed by atoms with E-state index < -0.39 is 0 Å². The summed E-state index contributed by atoms with van der Waals surface area (Å²) in [7, 11) is 0. The summed E-state index contributed by atoms with van der Waals surface area (Å²) in [6, 6.07) is 75.1.